The second-order valence-electron chi connectivity index (χ2n) is 9.40. The van der Waals surface area contributed by atoms with Crippen molar-refractivity contribution in [1.82, 2.24) is 4.57 Å². The number of amides is 1. The standard InChI is InChI=1S/C30H25N3O5S/c1-5-38-29(36)22-16(3)31-30-33(25(22)23-18-9-7-6-8-17(18)11-13-21(23)37-4)28(35)26(39-30)24-19-14-15(2)10-12-20(19)32-27(24)34/h6-14,25H,5H2,1-4H3,(H,32,34)/b26-24-/t25-/m0/s1. The van der Waals surface area contributed by atoms with Crippen LogP contribution in [-0.2, 0) is 14.3 Å². The number of hydrogen-bond acceptors (Lipinski definition) is 7. The number of rotatable bonds is 4. The second-order valence-corrected chi connectivity index (χ2v) is 10.4. The minimum absolute atomic E-state index is 0.167. The van der Waals surface area contributed by atoms with Crippen LogP contribution in [0.2, 0.25) is 0 Å². The lowest BCUT2D eigenvalue weighted by Crippen LogP contribution is -2.40. The molecule has 0 saturated heterocycles. The average Bonchev–Trinajstić information content (AvgIpc) is 3.41. The maximum absolute atomic E-state index is 14.3. The van der Waals surface area contributed by atoms with Crippen molar-refractivity contribution in [3.05, 3.63) is 102 Å². The van der Waals surface area contributed by atoms with E-state index in [1.807, 2.05) is 61.5 Å². The van der Waals surface area contributed by atoms with Crippen LogP contribution in [0.1, 0.15) is 36.6 Å². The normalized spacial score (nSPS) is 17.4. The number of anilines is 1. The van der Waals surface area contributed by atoms with E-state index in [2.05, 4.69) is 10.3 Å². The van der Waals surface area contributed by atoms with Crippen molar-refractivity contribution in [1.29, 1.82) is 0 Å². The topological polar surface area (TPSA) is 99.0 Å². The molecule has 2 aliphatic heterocycles. The van der Waals surface area contributed by atoms with Crippen LogP contribution in [0.15, 0.2) is 75.7 Å². The van der Waals surface area contributed by atoms with Crippen molar-refractivity contribution >= 4 is 45.2 Å². The third kappa shape index (κ3) is 3.80. The number of carbonyl (C=O) groups excluding carboxylic acids is 2. The highest BCUT2D eigenvalue weighted by Gasteiger charge is 2.37. The van der Waals surface area contributed by atoms with Gasteiger partial charge in [-0.1, -0.05) is 53.3 Å². The molecule has 3 heterocycles. The molecule has 0 unspecified atom stereocenters. The molecule has 1 atom stereocenters. The molecule has 6 rings (SSSR count). The Morgan fingerprint density at radius 3 is 2.67 bits per heavy atom. The lowest BCUT2D eigenvalue weighted by molar-refractivity contribution is -0.139. The molecular weight excluding hydrogens is 514 g/mol. The number of benzene rings is 3. The first-order valence-electron chi connectivity index (χ1n) is 12.5. The zero-order valence-electron chi connectivity index (χ0n) is 21.8. The van der Waals surface area contributed by atoms with Gasteiger partial charge in [0.1, 0.15) is 16.3 Å². The number of fused-ring (bicyclic) bond motifs is 3. The van der Waals surface area contributed by atoms with Gasteiger partial charge in [-0.3, -0.25) is 14.2 Å². The maximum Gasteiger partial charge on any atom is 0.338 e. The number of methoxy groups -OCH3 is 1. The third-order valence-electron chi connectivity index (χ3n) is 7.06. The van der Waals surface area contributed by atoms with Gasteiger partial charge in [0.25, 0.3) is 11.5 Å². The van der Waals surface area contributed by atoms with Crippen molar-refractivity contribution in [3.8, 4) is 5.75 Å². The fraction of sp³-hybridized carbons (Fsp3) is 0.200. The number of hydrogen-bond donors (Lipinski definition) is 1. The van der Waals surface area contributed by atoms with Gasteiger partial charge in [-0.25, -0.2) is 9.79 Å². The highest BCUT2D eigenvalue weighted by atomic mass is 32.1. The predicted molar refractivity (Wildman–Crippen MR) is 150 cm³/mol. The lowest BCUT2D eigenvalue weighted by Gasteiger charge is -2.27. The minimum atomic E-state index is -0.878. The summed E-state index contributed by atoms with van der Waals surface area (Å²) in [5.74, 6) is -0.384. The number of ether oxygens (including phenoxy) is 2. The Balaban J connectivity index is 1.73. The van der Waals surface area contributed by atoms with E-state index in [9.17, 15) is 14.4 Å². The Labute approximate surface area is 227 Å². The summed E-state index contributed by atoms with van der Waals surface area (Å²) in [7, 11) is 1.56. The Morgan fingerprint density at radius 1 is 1.10 bits per heavy atom. The molecule has 39 heavy (non-hydrogen) atoms. The van der Waals surface area contributed by atoms with E-state index in [4.69, 9.17) is 9.47 Å². The first-order valence-corrected chi connectivity index (χ1v) is 13.4. The van der Waals surface area contributed by atoms with Crippen LogP contribution < -0.4 is 24.9 Å². The summed E-state index contributed by atoms with van der Waals surface area (Å²) in [5.41, 5.74) is 3.54. The summed E-state index contributed by atoms with van der Waals surface area (Å²) in [4.78, 5) is 45.9. The van der Waals surface area contributed by atoms with Gasteiger partial charge >= 0.3 is 5.97 Å². The molecule has 8 nitrogen and oxygen atoms in total. The maximum atomic E-state index is 14.3. The van der Waals surface area contributed by atoms with Crippen molar-refractivity contribution in [3.63, 3.8) is 0 Å². The van der Waals surface area contributed by atoms with Gasteiger partial charge in [-0.2, -0.15) is 0 Å². The zero-order valence-corrected chi connectivity index (χ0v) is 22.6. The molecule has 2 aliphatic rings. The molecule has 1 amide bonds. The van der Waals surface area contributed by atoms with Gasteiger partial charge in [0.15, 0.2) is 4.80 Å². The first-order chi connectivity index (χ1) is 18.8. The fourth-order valence-corrected chi connectivity index (χ4v) is 6.50. The lowest BCUT2D eigenvalue weighted by atomic mass is 9.90. The Bertz CT molecular complexity index is 1930. The molecule has 1 N–H and O–H groups in total. The third-order valence-corrected chi connectivity index (χ3v) is 8.12. The molecule has 1 aromatic heterocycles. The Kier molecular flexibility index (Phi) is 5.95. The van der Waals surface area contributed by atoms with Gasteiger partial charge in [-0.05, 0) is 49.7 Å². The van der Waals surface area contributed by atoms with Crippen molar-refractivity contribution in [2.24, 2.45) is 4.99 Å². The SMILES string of the molecule is CCOC(=O)C1=C(C)N=c2s/c(=C3\C(=O)Nc4ccc(C)cc43)c(=O)n2[C@@H]1c1c(OC)ccc2ccccc12. The van der Waals surface area contributed by atoms with Crippen LogP contribution in [0.3, 0.4) is 0 Å². The largest absolute Gasteiger partial charge is 0.496 e. The van der Waals surface area contributed by atoms with Gasteiger partial charge < -0.3 is 14.8 Å². The van der Waals surface area contributed by atoms with Crippen molar-refractivity contribution in [2.75, 3.05) is 19.0 Å². The van der Waals surface area contributed by atoms with Crippen LogP contribution in [0.5, 0.6) is 5.75 Å². The molecule has 196 valence electrons. The highest BCUT2D eigenvalue weighted by Crippen LogP contribution is 2.40. The second kappa shape index (κ2) is 9.36. The first kappa shape index (κ1) is 24.8. The number of thiazole rings is 1. The van der Waals surface area contributed by atoms with Gasteiger partial charge in [0, 0.05) is 16.8 Å². The number of carbonyl (C=O) groups is 2. The summed E-state index contributed by atoms with van der Waals surface area (Å²) >= 11 is 1.14. The molecule has 3 aromatic carbocycles. The van der Waals surface area contributed by atoms with E-state index in [-0.39, 0.29) is 22.6 Å². The molecular formula is C30H25N3O5S. The molecule has 0 fully saturated rings. The van der Waals surface area contributed by atoms with Crippen LogP contribution in [0, 0.1) is 6.92 Å². The minimum Gasteiger partial charge on any atom is -0.496 e. The van der Waals surface area contributed by atoms with Gasteiger partial charge in [0.2, 0.25) is 0 Å². The number of esters is 1. The molecule has 0 aliphatic carbocycles. The molecule has 9 heteroatoms. The number of allylic oxidation sites excluding steroid dienone is 1. The molecule has 0 spiro atoms. The summed E-state index contributed by atoms with van der Waals surface area (Å²) in [6.07, 6.45) is 0. The zero-order chi connectivity index (χ0) is 27.4. The number of nitrogens with one attached hydrogen (secondary N) is 1. The predicted octanol–water partition coefficient (Wildman–Crippen LogP) is 3.59. The summed E-state index contributed by atoms with van der Waals surface area (Å²) in [6, 6.07) is 16.3. The van der Waals surface area contributed by atoms with E-state index < -0.39 is 17.6 Å². The van der Waals surface area contributed by atoms with E-state index in [1.165, 1.54) is 4.57 Å². The highest BCUT2D eigenvalue weighted by molar-refractivity contribution is 7.07. The molecule has 4 aromatic rings. The van der Waals surface area contributed by atoms with Crippen molar-refractivity contribution < 1.29 is 19.1 Å². The van der Waals surface area contributed by atoms with E-state index in [0.717, 1.165) is 27.7 Å². The van der Waals surface area contributed by atoms with Crippen LogP contribution >= 0.6 is 11.3 Å². The average molecular weight is 540 g/mol. The Morgan fingerprint density at radius 2 is 1.90 bits per heavy atom. The van der Waals surface area contributed by atoms with Gasteiger partial charge in [-0.15, -0.1) is 0 Å². The van der Waals surface area contributed by atoms with Crippen LogP contribution in [-0.4, -0.2) is 30.2 Å². The summed E-state index contributed by atoms with van der Waals surface area (Å²) in [5, 5.41) is 4.62. The number of nitrogens with zero attached hydrogens (tertiary/aromatic N) is 2. The number of aromatic nitrogens is 1. The number of aryl methyl sites for hydroxylation is 1. The summed E-state index contributed by atoms with van der Waals surface area (Å²) in [6.45, 7) is 5.57. The van der Waals surface area contributed by atoms with Crippen molar-refractivity contribution in [2.45, 2.75) is 26.8 Å². The molecule has 0 saturated carbocycles. The van der Waals surface area contributed by atoms with Crippen LogP contribution in [0.4, 0.5) is 5.69 Å². The molecule has 0 radical (unpaired) electrons. The van der Waals surface area contributed by atoms with Crippen LogP contribution in [0.25, 0.3) is 16.3 Å². The van der Waals surface area contributed by atoms with E-state index >= 15 is 0 Å². The Hall–Kier alpha value is -4.50. The summed E-state index contributed by atoms with van der Waals surface area (Å²) < 4.78 is 13.0. The smallest absolute Gasteiger partial charge is 0.338 e. The monoisotopic (exact) mass is 539 g/mol. The van der Waals surface area contributed by atoms with E-state index in [0.29, 0.717) is 38.6 Å². The fourth-order valence-electron chi connectivity index (χ4n) is 5.36. The van der Waals surface area contributed by atoms with E-state index in [1.54, 1.807) is 21.0 Å². The molecule has 0 bridgehead atoms. The quantitative estimate of drug-likeness (QED) is 0.400. The van der Waals surface area contributed by atoms with Gasteiger partial charge in [0.05, 0.1) is 30.6 Å².